The molecular weight excluding hydrogens is 278 g/mol. The highest BCUT2D eigenvalue weighted by molar-refractivity contribution is 5.87. The Labute approximate surface area is 132 Å². The SMILES string of the molecule is CCCC(C)C(O)C(=O)CCC(=O)N[C@H](C)c1ccccc1. The normalized spacial score (nSPS) is 14.9. The molecular formula is C18H27NO3. The molecule has 1 aromatic rings. The molecule has 4 nitrogen and oxygen atoms in total. The first kappa shape index (κ1) is 18.4. The van der Waals surface area contributed by atoms with Gasteiger partial charge in [0.15, 0.2) is 5.78 Å². The average Bonchev–Trinajstić information content (AvgIpc) is 2.52. The van der Waals surface area contributed by atoms with Gasteiger partial charge < -0.3 is 10.4 Å². The number of carbonyl (C=O) groups is 2. The van der Waals surface area contributed by atoms with Gasteiger partial charge in [-0.2, -0.15) is 0 Å². The second kappa shape index (κ2) is 9.36. The van der Waals surface area contributed by atoms with Crippen molar-refractivity contribution in [2.75, 3.05) is 0 Å². The van der Waals surface area contributed by atoms with Crippen molar-refractivity contribution in [2.24, 2.45) is 5.92 Å². The number of Topliss-reactive ketones (excluding diaryl/α,β-unsaturated/α-hetero) is 1. The minimum Gasteiger partial charge on any atom is -0.385 e. The van der Waals surface area contributed by atoms with E-state index < -0.39 is 6.10 Å². The number of amides is 1. The van der Waals surface area contributed by atoms with E-state index in [0.717, 1.165) is 18.4 Å². The average molecular weight is 305 g/mol. The highest BCUT2D eigenvalue weighted by Gasteiger charge is 2.22. The summed E-state index contributed by atoms with van der Waals surface area (Å²) in [6.07, 6.45) is 0.985. The van der Waals surface area contributed by atoms with Crippen molar-refractivity contribution in [1.29, 1.82) is 0 Å². The van der Waals surface area contributed by atoms with E-state index in [2.05, 4.69) is 5.32 Å². The number of rotatable bonds is 9. The zero-order chi connectivity index (χ0) is 16.5. The maximum Gasteiger partial charge on any atom is 0.220 e. The topological polar surface area (TPSA) is 66.4 Å². The summed E-state index contributed by atoms with van der Waals surface area (Å²) >= 11 is 0. The van der Waals surface area contributed by atoms with Crippen LogP contribution in [-0.2, 0) is 9.59 Å². The molecule has 1 aromatic carbocycles. The third-order valence-electron chi connectivity index (χ3n) is 3.89. The van der Waals surface area contributed by atoms with Crippen LogP contribution in [-0.4, -0.2) is 22.9 Å². The molecule has 2 N–H and O–H groups in total. The Morgan fingerprint density at radius 1 is 1.14 bits per heavy atom. The Morgan fingerprint density at radius 2 is 1.77 bits per heavy atom. The number of aliphatic hydroxyl groups excluding tert-OH is 1. The van der Waals surface area contributed by atoms with Gasteiger partial charge in [-0.15, -0.1) is 0 Å². The van der Waals surface area contributed by atoms with Crippen molar-refractivity contribution in [3.8, 4) is 0 Å². The summed E-state index contributed by atoms with van der Waals surface area (Å²) in [5.41, 5.74) is 1.03. The van der Waals surface area contributed by atoms with Gasteiger partial charge in [0.1, 0.15) is 6.10 Å². The molecule has 0 aromatic heterocycles. The monoisotopic (exact) mass is 305 g/mol. The summed E-state index contributed by atoms with van der Waals surface area (Å²) in [4.78, 5) is 23.8. The number of nitrogens with one attached hydrogen (secondary N) is 1. The summed E-state index contributed by atoms with van der Waals surface area (Å²) in [5, 5.41) is 12.8. The fourth-order valence-corrected chi connectivity index (χ4v) is 2.45. The van der Waals surface area contributed by atoms with E-state index in [0.29, 0.717) is 0 Å². The molecule has 0 fully saturated rings. The highest BCUT2D eigenvalue weighted by Crippen LogP contribution is 2.14. The van der Waals surface area contributed by atoms with E-state index in [1.54, 1.807) is 0 Å². The Morgan fingerprint density at radius 3 is 2.36 bits per heavy atom. The van der Waals surface area contributed by atoms with Gasteiger partial charge in [-0.25, -0.2) is 0 Å². The van der Waals surface area contributed by atoms with E-state index in [1.165, 1.54) is 0 Å². The fraction of sp³-hybridized carbons (Fsp3) is 0.556. The predicted molar refractivity (Wildman–Crippen MR) is 87.3 cm³/mol. The molecule has 3 atom stereocenters. The van der Waals surface area contributed by atoms with Crippen molar-refractivity contribution < 1.29 is 14.7 Å². The van der Waals surface area contributed by atoms with Gasteiger partial charge in [0.05, 0.1) is 6.04 Å². The number of ketones is 1. The zero-order valence-electron chi connectivity index (χ0n) is 13.7. The third-order valence-corrected chi connectivity index (χ3v) is 3.89. The molecule has 0 bridgehead atoms. The zero-order valence-corrected chi connectivity index (χ0v) is 13.7. The van der Waals surface area contributed by atoms with Crippen LogP contribution < -0.4 is 5.32 Å². The van der Waals surface area contributed by atoms with E-state index in [4.69, 9.17) is 0 Å². The van der Waals surface area contributed by atoms with Crippen LogP contribution in [0.25, 0.3) is 0 Å². The summed E-state index contributed by atoms with van der Waals surface area (Å²) in [7, 11) is 0. The largest absolute Gasteiger partial charge is 0.385 e. The molecule has 0 radical (unpaired) electrons. The standard InChI is InChI=1S/C18H27NO3/c1-4-8-13(2)18(22)16(20)11-12-17(21)19-14(3)15-9-6-5-7-10-15/h5-7,9-10,13-14,18,22H,4,8,11-12H2,1-3H3,(H,19,21)/t13?,14-,18?/m1/s1. The lowest BCUT2D eigenvalue weighted by Crippen LogP contribution is -2.31. The van der Waals surface area contributed by atoms with Gasteiger partial charge in [-0.1, -0.05) is 50.6 Å². The molecule has 0 aliphatic carbocycles. The molecule has 122 valence electrons. The lowest BCUT2D eigenvalue weighted by molar-refractivity contribution is -0.132. The van der Waals surface area contributed by atoms with Crippen molar-refractivity contribution in [2.45, 2.75) is 58.6 Å². The molecule has 1 rings (SSSR count). The Hall–Kier alpha value is -1.68. The van der Waals surface area contributed by atoms with Gasteiger partial charge in [0, 0.05) is 12.8 Å². The van der Waals surface area contributed by atoms with Gasteiger partial charge in [0.25, 0.3) is 0 Å². The molecule has 2 unspecified atom stereocenters. The van der Waals surface area contributed by atoms with Gasteiger partial charge in [0.2, 0.25) is 5.91 Å². The number of benzene rings is 1. The summed E-state index contributed by atoms with van der Waals surface area (Å²) < 4.78 is 0. The number of aliphatic hydroxyl groups is 1. The molecule has 0 saturated heterocycles. The second-order valence-corrected chi connectivity index (χ2v) is 5.88. The minimum absolute atomic E-state index is 0.0520. The van der Waals surface area contributed by atoms with Crippen LogP contribution in [0.3, 0.4) is 0 Å². The second-order valence-electron chi connectivity index (χ2n) is 5.88. The maximum absolute atomic E-state index is 11.9. The summed E-state index contributed by atoms with van der Waals surface area (Å²) in [5.74, 6) is -0.465. The molecule has 0 heterocycles. The smallest absolute Gasteiger partial charge is 0.220 e. The van der Waals surface area contributed by atoms with Crippen molar-refractivity contribution in [3.05, 3.63) is 35.9 Å². The fourth-order valence-electron chi connectivity index (χ4n) is 2.45. The van der Waals surface area contributed by atoms with Crippen LogP contribution in [0.1, 0.15) is 58.1 Å². The number of carbonyl (C=O) groups excluding carboxylic acids is 2. The van der Waals surface area contributed by atoms with Crippen LogP contribution in [0.4, 0.5) is 0 Å². The molecule has 22 heavy (non-hydrogen) atoms. The highest BCUT2D eigenvalue weighted by atomic mass is 16.3. The Kier molecular flexibility index (Phi) is 7.82. The molecule has 0 spiro atoms. The van der Waals surface area contributed by atoms with Crippen molar-refractivity contribution in [3.63, 3.8) is 0 Å². The van der Waals surface area contributed by atoms with Crippen LogP contribution in [0, 0.1) is 5.92 Å². The third kappa shape index (κ3) is 5.98. The van der Waals surface area contributed by atoms with Crippen LogP contribution in [0.5, 0.6) is 0 Å². The first-order chi connectivity index (χ1) is 10.5. The van der Waals surface area contributed by atoms with Crippen LogP contribution in [0.2, 0.25) is 0 Å². The number of hydrogen-bond donors (Lipinski definition) is 2. The predicted octanol–water partition coefficient (Wildman–Crippen LogP) is 3.01. The quantitative estimate of drug-likeness (QED) is 0.737. The number of hydrogen-bond acceptors (Lipinski definition) is 3. The summed E-state index contributed by atoms with van der Waals surface area (Å²) in [6, 6.07) is 9.58. The minimum atomic E-state index is -0.959. The Balaban J connectivity index is 2.38. The molecule has 1 amide bonds. The lowest BCUT2D eigenvalue weighted by atomic mass is 9.94. The lowest BCUT2D eigenvalue weighted by Gasteiger charge is -2.17. The Bertz CT molecular complexity index is 472. The van der Waals surface area contributed by atoms with Crippen LogP contribution >= 0.6 is 0 Å². The van der Waals surface area contributed by atoms with Crippen molar-refractivity contribution in [1.82, 2.24) is 5.32 Å². The first-order valence-electron chi connectivity index (χ1n) is 8.00. The van der Waals surface area contributed by atoms with Gasteiger partial charge in [-0.05, 0) is 24.8 Å². The molecule has 4 heteroatoms. The van der Waals surface area contributed by atoms with E-state index >= 15 is 0 Å². The molecule has 0 saturated carbocycles. The maximum atomic E-state index is 11.9. The summed E-state index contributed by atoms with van der Waals surface area (Å²) in [6.45, 7) is 5.79. The van der Waals surface area contributed by atoms with E-state index in [9.17, 15) is 14.7 Å². The van der Waals surface area contributed by atoms with E-state index in [1.807, 2.05) is 51.1 Å². The van der Waals surface area contributed by atoms with Crippen LogP contribution in [0.15, 0.2) is 30.3 Å². The molecule has 0 aliphatic heterocycles. The van der Waals surface area contributed by atoms with Crippen molar-refractivity contribution >= 4 is 11.7 Å². The first-order valence-corrected chi connectivity index (χ1v) is 8.00. The van der Waals surface area contributed by atoms with Gasteiger partial charge in [-0.3, -0.25) is 9.59 Å². The van der Waals surface area contributed by atoms with E-state index in [-0.39, 0.29) is 36.5 Å². The molecule has 0 aliphatic rings. The van der Waals surface area contributed by atoms with Gasteiger partial charge >= 0.3 is 0 Å².